The molecule has 0 aliphatic heterocycles. The number of aliphatic hydroxyl groups excluding tert-OH is 1. The number of ether oxygens (including phenoxy) is 1. The Morgan fingerprint density at radius 3 is 2.68 bits per heavy atom. The van der Waals surface area contributed by atoms with E-state index < -0.39 is 6.10 Å². The molecule has 0 radical (unpaired) electrons. The van der Waals surface area contributed by atoms with Gasteiger partial charge in [0.2, 0.25) is 0 Å². The molecule has 0 fully saturated rings. The first-order chi connectivity index (χ1) is 9.08. The molecule has 1 aromatic carbocycles. The van der Waals surface area contributed by atoms with Crippen molar-refractivity contribution in [2.24, 2.45) is 0 Å². The zero-order chi connectivity index (χ0) is 13.8. The number of nitrogens with zero attached hydrogens (tertiary/aromatic N) is 1. The average Bonchev–Trinajstić information content (AvgIpc) is 2.37. The van der Waals surface area contributed by atoms with Crippen LogP contribution in [0.3, 0.4) is 0 Å². The normalized spacial score (nSPS) is 12.2. The Morgan fingerprint density at radius 1 is 1.32 bits per heavy atom. The Kier molecular flexibility index (Phi) is 4.50. The highest BCUT2D eigenvalue weighted by Gasteiger charge is 2.07. The minimum Gasteiger partial charge on any atom is -0.456 e. The van der Waals surface area contributed by atoms with E-state index >= 15 is 0 Å². The van der Waals surface area contributed by atoms with Crippen molar-refractivity contribution in [2.75, 3.05) is 0 Å². The van der Waals surface area contributed by atoms with E-state index in [-0.39, 0.29) is 5.82 Å². The topological polar surface area (TPSA) is 42.4 Å². The molecule has 3 nitrogen and oxygen atoms in total. The van der Waals surface area contributed by atoms with Crippen molar-refractivity contribution in [3.63, 3.8) is 0 Å². The molecule has 1 atom stereocenters. The minimum absolute atomic E-state index is 0.379. The van der Waals surface area contributed by atoms with E-state index in [1.165, 1.54) is 18.3 Å². The van der Waals surface area contributed by atoms with E-state index in [0.29, 0.717) is 28.1 Å². The van der Waals surface area contributed by atoms with Gasteiger partial charge in [-0.05, 0) is 30.7 Å². The van der Waals surface area contributed by atoms with Crippen LogP contribution in [0.1, 0.15) is 25.1 Å². The summed E-state index contributed by atoms with van der Waals surface area (Å²) < 4.78 is 19.3. The summed E-state index contributed by atoms with van der Waals surface area (Å²) in [6.45, 7) is 1.88. The second kappa shape index (κ2) is 6.12. The first-order valence-electron chi connectivity index (χ1n) is 5.86. The van der Waals surface area contributed by atoms with Crippen LogP contribution in [-0.2, 0) is 0 Å². The number of benzene rings is 1. The summed E-state index contributed by atoms with van der Waals surface area (Å²) in [5.41, 5.74) is 0.593. The van der Waals surface area contributed by atoms with Gasteiger partial charge >= 0.3 is 0 Å². The number of halogens is 2. The molecule has 0 aliphatic carbocycles. The summed E-state index contributed by atoms with van der Waals surface area (Å²) in [5, 5.41) is 9.62. The smallest absolute Gasteiger partial charge is 0.145 e. The van der Waals surface area contributed by atoms with Gasteiger partial charge in [-0.25, -0.2) is 4.39 Å². The maximum absolute atomic E-state index is 13.2. The molecule has 5 heteroatoms. The Hall–Kier alpha value is -1.46. The fourth-order valence-corrected chi connectivity index (χ4v) is 2.03. The lowest BCUT2D eigenvalue weighted by Gasteiger charge is -2.09. The van der Waals surface area contributed by atoms with Gasteiger partial charge in [0.05, 0.1) is 18.0 Å². The molecule has 0 saturated heterocycles. The maximum Gasteiger partial charge on any atom is 0.145 e. The number of hydrogen-bond acceptors (Lipinski definition) is 3. The number of hydrogen-bond donors (Lipinski definition) is 1. The van der Waals surface area contributed by atoms with Crippen LogP contribution in [-0.4, -0.2) is 10.1 Å². The van der Waals surface area contributed by atoms with Gasteiger partial charge < -0.3 is 9.84 Å². The number of aromatic nitrogens is 1. The van der Waals surface area contributed by atoms with Gasteiger partial charge in [0.25, 0.3) is 0 Å². The molecule has 1 heterocycles. The van der Waals surface area contributed by atoms with Crippen LogP contribution < -0.4 is 4.74 Å². The molecule has 0 spiro atoms. The van der Waals surface area contributed by atoms with E-state index in [9.17, 15) is 9.50 Å². The van der Waals surface area contributed by atoms with Gasteiger partial charge in [-0.3, -0.25) is 4.98 Å². The third-order valence-electron chi connectivity index (χ3n) is 2.56. The van der Waals surface area contributed by atoms with Gasteiger partial charge in [0.15, 0.2) is 0 Å². The summed E-state index contributed by atoms with van der Waals surface area (Å²) in [4.78, 5) is 4.11. The number of aliphatic hydroxyl groups is 1. The highest BCUT2D eigenvalue weighted by Crippen LogP contribution is 2.26. The van der Waals surface area contributed by atoms with Crippen molar-refractivity contribution in [3.05, 3.63) is 52.5 Å². The predicted molar refractivity (Wildman–Crippen MR) is 73.7 cm³/mol. The summed E-state index contributed by atoms with van der Waals surface area (Å²) in [6.07, 6.45) is 1.54. The Labute approximate surface area is 119 Å². The monoisotopic (exact) mass is 325 g/mol. The molecule has 2 aromatic rings. The maximum atomic E-state index is 13.2. The minimum atomic E-state index is -0.572. The fourth-order valence-electron chi connectivity index (χ4n) is 1.58. The number of pyridine rings is 1. The molecule has 1 N–H and O–H groups in total. The lowest BCUT2D eigenvalue weighted by molar-refractivity contribution is 0.169. The van der Waals surface area contributed by atoms with E-state index in [0.717, 1.165) is 0 Å². The Morgan fingerprint density at radius 2 is 2.11 bits per heavy atom. The zero-order valence-electron chi connectivity index (χ0n) is 10.3. The molecular weight excluding hydrogens is 313 g/mol. The molecule has 0 bridgehead atoms. The molecule has 2 rings (SSSR count). The predicted octanol–water partition coefficient (Wildman–Crippen LogP) is 4.22. The van der Waals surface area contributed by atoms with Gasteiger partial charge in [0.1, 0.15) is 17.3 Å². The van der Waals surface area contributed by atoms with Crippen LogP contribution in [0.4, 0.5) is 4.39 Å². The van der Waals surface area contributed by atoms with Crippen molar-refractivity contribution in [2.45, 2.75) is 19.4 Å². The van der Waals surface area contributed by atoms with E-state index in [1.54, 1.807) is 18.2 Å². The molecule has 19 heavy (non-hydrogen) atoms. The lowest BCUT2D eigenvalue weighted by atomic mass is 10.2. The van der Waals surface area contributed by atoms with Gasteiger partial charge in [-0.15, -0.1) is 0 Å². The van der Waals surface area contributed by atoms with E-state index in [1.807, 2.05) is 6.92 Å². The van der Waals surface area contributed by atoms with Crippen molar-refractivity contribution in [3.8, 4) is 11.5 Å². The Balaban J connectivity index is 2.15. The third kappa shape index (κ3) is 3.75. The summed E-state index contributed by atoms with van der Waals surface area (Å²) in [7, 11) is 0. The molecule has 100 valence electrons. The highest BCUT2D eigenvalue weighted by molar-refractivity contribution is 9.10. The molecular formula is C14H13BrFNO2. The van der Waals surface area contributed by atoms with E-state index in [4.69, 9.17) is 4.74 Å². The molecule has 0 aliphatic rings. The average molecular weight is 326 g/mol. The summed E-state index contributed by atoms with van der Waals surface area (Å²) in [5.74, 6) is 0.498. The van der Waals surface area contributed by atoms with Crippen molar-refractivity contribution in [1.29, 1.82) is 0 Å². The molecule has 1 aromatic heterocycles. The van der Waals surface area contributed by atoms with Crippen LogP contribution in [0.2, 0.25) is 0 Å². The van der Waals surface area contributed by atoms with Crippen LogP contribution >= 0.6 is 15.9 Å². The second-order valence-corrected chi connectivity index (χ2v) is 4.97. The zero-order valence-corrected chi connectivity index (χ0v) is 11.9. The SMILES string of the molecule is CC[C@@H](O)c1ccc(Oc2cc(F)cc(Br)c2)cn1. The molecule has 0 amide bonds. The van der Waals surface area contributed by atoms with Crippen molar-refractivity contribution < 1.29 is 14.2 Å². The quantitative estimate of drug-likeness (QED) is 0.915. The first-order valence-corrected chi connectivity index (χ1v) is 6.65. The first kappa shape index (κ1) is 14.0. The van der Waals surface area contributed by atoms with Gasteiger partial charge in [0, 0.05) is 10.5 Å². The van der Waals surface area contributed by atoms with Crippen LogP contribution in [0, 0.1) is 5.82 Å². The van der Waals surface area contributed by atoms with Crippen molar-refractivity contribution in [1.82, 2.24) is 4.98 Å². The third-order valence-corrected chi connectivity index (χ3v) is 3.02. The second-order valence-electron chi connectivity index (χ2n) is 4.05. The van der Waals surface area contributed by atoms with Crippen LogP contribution in [0.15, 0.2) is 41.0 Å². The van der Waals surface area contributed by atoms with Gasteiger partial charge in [-0.2, -0.15) is 0 Å². The van der Waals surface area contributed by atoms with Crippen molar-refractivity contribution >= 4 is 15.9 Å². The molecule has 0 saturated carbocycles. The summed E-state index contributed by atoms with van der Waals surface area (Å²) >= 11 is 3.20. The lowest BCUT2D eigenvalue weighted by Crippen LogP contribution is -1.98. The Bertz CT molecular complexity index is 540. The number of rotatable bonds is 4. The largest absolute Gasteiger partial charge is 0.456 e. The van der Waals surface area contributed by atoms with Gasteiger partial charge in [-0.1, -0.05) is 22.9 Å². The van der Waals surface area contributed by atoms with Crippen LogP contribution in [0.25, 0.3) is 0 Å². The van der Waals surface area contributed by atoms with Crippen LogP contribution in [0.5, 0.6) is 11.5 Å². The fraction of sp³-hybridized carbons (Fsp3) is 0.214. The molecule has 0 unspecified atom stereocenters. The summed E-state index contributed by atoms with van der Waals surface area (Å²) in [6, 6.07) is 7.70. The standard InChI is InChI=1S/C14H13BrFNO2/c1-2-14(18)13-4-3-11(8-17-13)19-12-6-9(15)5-10(16)7-12/h3-8,14,18H,2H2,1H3/t14-/m1/s1. The highest BCUT2D eigenvalue weighted by atomic mass is 79.9. The van der Waals surface area contributed by atoms with E-state index in [2.05, 4.69) is 20.9 Å².